The zero-order valence-corrected chi connectivity index (χ0v) is 13.6. The van der Waals surface area contributed by atoms with E-state index in [2.05, 4.69) is 9.97 Å². The number of nitrogens with zero attached hydrogens (tertiary/aromatic N) is 1. The van der Waals surface area contributed by atoms with Gasteiger partial charge in [-0.1, -0.05) is 12.1 Å². The van der Waals surface area contributed by atoms with E-state index in [9.17, 15) is 13.2 Å². The van der Waals surface area contributed by atoms with E-state index < -0.39 is 10.0 Å². The van der Waals surface area contributed by atoms with Crippen LogP contribution in [0.2, 0.25) is 0 Å². The van der Waals surface area contributed by atoms with E-state index in [1.165, 1.54) is 16.4 Å². The Morgan fingerprint density at radius 1 is 1.12 bits per heavy atom. The Hall–Kier alpha value is -2.74. The number of aromatic nitrogens is 2. The topological polar surface area (TPSA) is 95.3 Å². The largest absolute Gasteiger partial charge is 0.487 e. The van der Waals surface area contributed by atoms with E-state index in [0.717, 1.165) is 0 Å². The van der Waals surface area contributed by atoms with Crippen LogP contribution in [0.4, 0.5) is 5.69 Å². The second kappa shape index (κ2) is 5.13. The molecule has 0 amide bonds. The minimum absolute atomic E-state index is 0.120. The highest BCUT2D eigenvalue weighted by atomic mass is 32.2. The summed E-state index contributed by atoms with van der Waals surface area (Å²) in [6, 6.07) is 11.6. The molecule has 2 heterocycles. The number of aromatic amines is 2. The maximum atomic E-state index is 13.1. The third-order valence-electron chi connectivity index (χ3n) is 3.96. The van der Waals surface area contributed by atoms with E-state index in [1.54, 1.807) is 30.3 Å². The van der Waals surface area contributed by atoms with Gasteiger partial charge < -0.3 is 14.7 Å². The molecule has 3 aromatic rings. The molecule has 0 bridgehead atoms. The van der Waals surface area contributed by atoms with Gasteiger partial charge in [0.25, 0.3) is 10.0 Å². The highest BCUT2D eigenvalue weighted by Gasteiger charge is 2.32. The molecule has 0 aliphatic carbocycles. The molecule has 0 spiro atoms. The van der Waals surface area contributed by atoms with Crippen LogP contribution in [0, 0.1) is 0 Å². The van der Waals surface area contributed by atoms with Crippen molar-refractivity contribution in [2.45, 2.75) is 17.9 Å². The van der Waals surface area contributed by atoms with Crippen LogP contribution in [-0.2, 0) is 10.0 Å². The lowest BCUT2D eigenvalue weighted by molar-refractivity contribution is 0.219. The molecule has 1 unspecified atom stereocenters. The number of sulfonamides is 1. The van der Waals surface area contributed by atoms with E-state index in [1.807, 2.05) is 6.92 Å². The zero-order valence-electron chi connectivity index (χ0n) is 12.8. The van der Waals surface area contributed by atoms with E-state index >= 15 is 0 Å². The number of rotatable bonds is 2. The maximum Gasteiger partial charge on any atom is 0.323 e. The first kappa shape index (κ1) is 14.8. The number of imidazole rings is 1. The Kier molecular flexibility index (Phi) is 3.17. The molecule has 0 radical (unpaired) electrons. The number of para-hydroxylation sites is 2. The van der Waals surface area contributed by atoms with Crippen molar-refractivity contribution in [1.29, 1.82) is 0 Å². The minimum atomic E-state index is -3.77. The lowest BCUT2D eigenvalue weighted by atomic mass is 10.2. The van der Waals surface area contributed by atoms with Crippen LogP contribution in [0.15, 0.2) is 52.2 Å². The van der Waals surface area contributed by atoms with Gasteiger partial charge in [0.2, 0.25) is 0 Å². The summed E-state index contributed by atoms with van der Waals surface area (Å²) in [5.41, 5.74) is 1.16. The first-order chi connectivity index (χ1) is 11.4. The average molecular weight is 345 g/mol. The van der Waals surface area contributed by atoms with Gasteiger partial charge in [-0.25, -0.2) is 13.2 Å². The summed E-state index contributed by atoms with van der Waals surface area (Å²) < 4.78 is 33.3. The van der Waals surface area contributed by atoms with Crippen molar-refractivity contribution in [3.05, 3.63) is 52.9 Å². The molecular formula is C16H15N3O4S. The summed E-state index contributed by atoms with van der Waals surface area (Å²) in [5.74, 6) is 0.538. The standard InChI is InChI=1S/C16H15N3O4S/c1-10-9-19(14-4-2-3-5-15(14)23-10)24(21,22)11-6-7-12-13(8-11)18-16(20)17-12/h2-8,10H,9H2,1H3,(H2,17,18,20). The van der Waals surface area contributed by atoms with E-state index in [4.69, 9.17) is 4.74 Å². The van der Waals surface area contributed by atoms with Gasteiger partial charge in [-0.3, -0.25) is 4.31 Å². The predicted octanol–water partition coefficient (Wildman–Crippen LogP) is 1.83. The molecule has 1 aliphatic heterocycles. The van der Waals surface area contributed by atoms with Crippen LogP contribution in [0.1, 0.15) is 6.92 Å². The van der Waals surface area contributed by atoms with Crippen molar-refractivity contribution in [1.82, 2.24) is 9.97 Å². The minimum Gasteiger partial charge on any atom is -0.487 e. The Balaban J connectivity index is 1.86. The van der Waals surface area contributed by atoms with Gasteiger partial charge >= 0.3 is 5.69 Å². The first-order valence-electron chi connectivity index (χ1n) is 7.45. The third-order valence-corrected chi connectivity index (χ3v) is 5.74. The van der Waals surface area contributed by atoms with Crippen molar-refractivity contribution in [2.75, 3.05) is 10.8 Å². The monoisotopic (exact) mass is 345 g/mol. The Morgan fingerprint density at radius 2 is 1.88 bits per heavy atom. The van der Waals surface area contributed by atoms with E-state index in [0.29, 0.717) is 22.5 Å². The third kappa shape index (κ3) is 2.26. The molecule has 7 nitrogen and oxygen atoms in total. The number of anilines is 1. The van der Waals surface area contributed by atoms with Gasteiger partial charge in [-0.05, 0) is 37.3 Å². The molecular weight excluding hydrogens is 330 g/mol. The van der Waals surface area contributed by atoms with Crippen LogP contribution in [-0.4, -0.2) is 31.0 Å². The summed E-state index contributed by atoms with van der Waals surface area (Å²) in [5, 5.41) is 0. The van der Waals surface area contributed by atoms with Crippen LogP contribution in [0.25, 0.3) is 11.0 Å². The normalized spacial score (nSPS) is 17.5. The van der Waals surface area contributed by atoms with Gasteiger partial charge in [0, 0.05) is 0 Å². The van der Waals surface area contributed by atoms with Crippen molar-refractivity contribution < 1.29 is 13.2 Å². The molecule has 0 fully saturated rings. The smallest absolute Gasteiger partial charge is 0.323 e. The number of hydrogen-bond acceptors (Lipinski definition) is 4. The molecule has 0 saturated carbocycles. The van der Waals surface area contributed by atoms with Crippen molar-refractivity contribution in [3.63, 3.8) is 0 Å². The van der Waals surface area contributed by atoms with Crippen LogP contribution >= 0.6 is 0 Å². The quantitative estimate of drug-likeness (QED) is 0.741. The number of ether oxygens (including phenoxy) is 1. The number of benzene rings is 2. The molecule has 8 heteroatoms. The van der Waals surface area contributed by atoms with Gasteiger partial charge in [0.1, 0.15) is 11.9 Å². The Morgan fingerprint density at radius 3 is 2.71 bits per heavy atom. The molecule has 0 saturated heterocycles. The fourth-order valence-electron chi connectivity index (χ4n) is 2.88. The first-order valence-corrected chi connectivity index (χ1v) is 8.89. The number of fused-ring (bicyclic) bond motifs is 2. The lowest BCUT2D eigenvalue weighted by Crippen LogP contribution is -2.42. The number of nitrogens with one attached hydrogen (secondary N) is 2. The molecule has 124 valence electrons. The summed E-state index contributed by atoms with van der Waals surface area (Å²) in [6.45, 7) is 2.05. The fraction of sp³-hybridized carbons (Fsp3) is 0.188. The Bertz CT molecular complexity index is 1080. The van der Waals surface area contributed by atoms with Gasteiger partial charge in [-0.2, -0.15) is 0 Å². The second-order valence-electron chi connectivity index (χ2n) is 5.72. The second-order valence-corrected chi connectivity index (χ2v) is 7.58. The molecule has 1 aliphatic rings. The summed E-state index contributed by atoms with van der Waals surface area (Å²) >= 11 is 0. The van der Waals surface area contributed by atoms with Crippen molar-refractivity contribution in [2.24, 2.45) is 0 Å². The highest BCUT2D eigenvalue weighted by molar-refractivity contribution is 7.92. The SMILES string of the molecule is CC1CN(S(=O)(=O)c2ccc3[nH]c(=O)[nH]c3c2)c2ccccc2O1. The maximum absolute atomic E-state index is 13.1. The van der Waals surface area contributed by atoms with Crippen LogP contribution < -0.4 is 14.7 Å². The predicted molar refractivity (Wildman–Crippen MR) is 90.0 cm³/mol. The molecule has 2 aromatic carbocycles. The van der Waals surface area contributed by atoms with Gasteiger partial charge in [0.05, 0.1) is 28.2 Å². The molecule has 2 N–H and O–H groups in total. The van der Waals surface area contributed by atoms with E-state index in [-0.39, 0.29) is 23.2 Å². The summed E-state index contributed by atoms with van der Waals surface area (Å²) in [7, 11) is -3.77. The van der Waals surface area contributed by atoms with Gasteiger partial charge in [-0.15, -0.1) is 0 Å². The Labute approximate surface area is 137 Å². The van der Waals surface area contributed by atoms with Crippen LogP contribution in [0.5, 0.6) is 5.75 Å². The van der Waals surface area contributed by atoms with Crippen molar-refractivity contribution in [3.8, 4) is 5.75 Å². The summed E-state index contributed by atoms with van der Waals surface area (Å²) in [6.07, 6.45) is -0.259. The fourth-order valence-corrected chi connectivity index (χ4v) is 4.45. The number of hydrogen-bond donors (Lipinski definition) is 2. The lowest BCUT2D eigenvalue weighted by Gasteiger charge is -2.34. The molecule has 4 rings (SSSR count). The van der Waals surface area contributed by atoms with Gasteiger partial charge in [0.15, 0.2) is 0 Å². The molecule has 1 atom stereocenters. The molecule has 24 heavy (non-hydrogen) atoms. The summed E-state index contributed by atoms with van der Waals surface area (Å²) in [4.78, 5) is 16.7. The van der Waals surface area contributed by atoms with Crippen LogP contribution in [0.3, 0.4) is 0 Å². The zero-order chi connectivity index (χ0) is 16.9. The molecule has 1 aromatic heterocycles. The average Bonchev–Trinajstić information content (AvgIpc) is 2.93. The number of H-pyrrole nitrogens is 2. The highest BCUT2D eigenvalue weighted by Crippen LogP contribution is 2.36. The van der Waals surface area contributed by atoms with Crippen molar-refractivity contribution >= 4 is 26.7 Å².